The monoisotopic (exact) mass is 252 g/mol. The van der Waals surface area contributed by atoms with Crippen LogP contribution in [0, 0.1) is 11.7 Å². The van der Waals surface area contributed by atoms with Crippen molar-refractivity contribution in [2.45, 2.75) is 40.3 Å². The van der Waals surface area contributed by atoms with Crippen LogP contribution in [0.25, 0.3) is 0 Å². The molecule has 1 aromatic carbocycles. The quantitative estimate of drug-likeness (QED) is 0.807. The summed E-state index contributed by atoms with van der Waals surface area (Å²) in [5, 5.41) is 0. The van der Waals surface area contributed by atoms with Crippen molar-refractivity contribution in [1.82, 2.24) is 4.90 Å². The van der Waals surface area contributed by atoms with E-state index in [1.807, 2.05) is 6.07 Å². The molecule has 2 nitrogen and oxygen atoms in total. The third-order valence-corrected chi connectivity index (χ3v) is 3.50. The van der Waals surface area contributed by atoms with Gasteiger partial charge < -0.3 is 5.73 Å². The summed E-state index contributed by atoms with van der Waals surface area (Å²) < 4.78 is 13.1. The SMILES string of the molecule is CCC(C)CN(CC)Cc1ccc(F)cc1CN. The van der Waals surface area contributed by atoms with Gasteiger partial charge in [0, 0.05) is 19.6 Å². The molecule has 0 fully saturated rings. The molecule has 0 saturated heterocycles. The standard InChI is InChI=1S/C15H25FN2/c1-4-12(3)10-18(5-2)11-13-6-7-15(16)8-14(13)9-17/h6-8,12H,4-5,9-11,17H2,1-3H3. The Balaban J connectivity index is 2.75. The zero-order chi connectivity index (χ0) is 13.5. The van der Waals surface area contributed by atoms with E-state index < -0.39 is 0 Å². The van der Waals surface area contributed by atoms with Crippen LogP contribution in [0.2, 0.25) is 0 Å². The van der Waals surface area contributed by atoms with Crippen LogP contribution in [-0.4, -0.2) is 18.0 Å². The van der Waals surface area contributed by atoms with Gasteiger partial charge in [0.1, 0.15) is 5.82 Å². The van der Waals surface area contributed by atoms with Crippen molar-refractivity contribution in [3.63, 3.8) is 0 Å². The molecule has 0 aliphatic carbocycles. The molecule has 0 spiro atoms. The lowest BCUT2D eigenvalue weighted by atomic mass is 10.0. The number of halogens is 1. The molecule has 0 radical (unpaired) electrons. The lowest BCUT2D eigenvalue weighted by Gasteiger charge is -2.24. The number of nitrogens with zero attached hydrogens (tertiary/aromatic N) is 1. The van der Waals surface area contributed by atoms with E-state index in [0.29, 0.717) is 12.5 Å². The van der Waals surface area contributed by atoms with Crippen molar-refractivity contribution >= 4 is 0 Å². The predicted octanol–water partition coefficient (Wildman–Crippen LogP) is 3.15. The van der Waals surface area contributed by atoms with Gasteiger partial charge in [0.15, 0.2) is 0 Å². The number of benzene rings is 1. The topological polar surface area (TPSA) is 29.3 Å². The Morgan fingerprint density at radius 1 is 1.28 bits per heavy atom. The molecule has 2 N–H and O–H groups in total. The van der Waals surface area contributed by atoms with Gasteiger partial charge in [0.2, 0.25) is 0 Å². The van der Waals surface area contributed by atoms with Crippen LogP contribution in [0.1, 0.15) is 38.3 Å². The maximum atomic E-state index is 13.1. The molecule has 1 unspecified atom stereocenters. The molecule has 0 bridgehead atoms. The molecule has 0 aromatic heterocycles. The van der Waals surface area contributed by atoms with Gasteiger partial charge in [0.25, 0.3) is 0 Å². The molecular weight excluding hydrogens is 227 g/mol. The summed E-state index contributed by atoms with van der Waals surface area (Å²) in [7, 11) is 0. The fraction of sp³-hybridized carbons (Fsp3) is 0.600. The van der Waals surface area contributed by atoms with Crippen LogP contribution < -0.4 is 5.73 Å². The van der Waals surface area contributed by atoms with Crippen molar-refractivity contribution in [2.24, 2.45) is 11.7 Å². The minimum atomic E-state index is -0.204. The van der Waals surface area contributed by atoms with Crippen LogP contribution in [0.3, 0.4) is 0 Å². The second-order valence-corrected chi connectivity index (χ2v) is 4.96. The van der Waals surface area contributed by atoms with Crippen LogP contribution >= 0.6 is 0 Å². The highest BCUT2D eigenvalue weighted by atomic mass is 19.1. The smallest absolute Gasteiger partial charge is 0.123 e. The molecule has 1 atom stereocenters. The van der Waals surface area contributed by atoms with Crippen molar-refractivity contribution < 1.29 is 4.39 Å². The summed E-state index contributed by atoms with van der Waals surface area (Å²) in [6.45, 7) is 9.97. The van der Waals surface area contributed by atoms with E-state index >= 15 is 0 Å². The van der Waals surface area contributed by atoms with Crippen molar-refractivity contribution in [3.05, 3.63) is 35.1 Å². The fourth-order valence-corrected chi connectivity index (χ4v) is 2.05. The summed E-state index contributed by atoms with van der Waals surface area (Å²) in [5.74, 6) is 0.482. The largest absolute Gasteiger partial charge is 0.326 e. The minimum absolute atomic E-state index is 0.204. The van der Waals surface area contributed by atoms with Crippen molar-refractivity contribution in [3.8, 4) is 0 Å². The van der Waals surface area contributed by atoms with Gasteiger partial charge in [-0.05, 0) is 35.7 Å². The molecule has 102 valence electrons. The van der Waals surface area contributed by atoms with E-state index in [4.69, 9.17) is 5.73 Å². The van der Waals surface area contributed by atoms with Gasteiger partial charge in [0.05, 0.1) is 0 Å². The number of rotatable bonds is 7. The second-order valence-electron chi connectivity index (χ2n) is 4.96. The van der Waals surface area contributed by atoms with Gasteiger partial charge in [-0.2, -0.15) is 0 Å². The van der Waals surface area contributed by atoms with Crippen LogP contribution in [0.5, 0.6) is 0 Å². The zero-order valence-electron chi connectivity index (χ0n) is 11.7. The van der Waals surface area contributed by atoms with Gasteiger partial charge in [-0.25, -0.2) is 4.39 Å². The molecule has 1 rings (SSSR count). The lowest BCUT2D eigenvalue weighted by molar-refractivity contribution is 0.237. The Bertz CT molecular complexity index is 366. The van der Waals surface area contributed by atoms with E-state index in [9.17, 15) is 4.39 Å². The first-order valence-electron chi connectivity index (χ1n) is 6.80. The fourth-order valence-electron chi connectivity index (χ4n) is 2.05. The Labute approximate surface area is 110 Å². The maximum absolute atomic E-state index is 13.1. The van der Waals surface area contributed by atoms with E-state index in [-0.39, 0.29) is 5.82 Å². The zero-order valence-corrected chi connectivity index (χ0v) is 11.7. The number of hydrogen-bond donors (Lipinski definition) is 1. The Morgan fingerprint density at radius 3 is 2.56 bits per heavy atom. The maximum Gasteiger partial charge on any atom is 0.123 e. The Hall–Kier alpha value is -0.930. The highest BCUT2D eigenvalue weighted by Gasteiger charge is 2.10. The molecule has 1 aromatic rings. The average Bonchev–Trinajstić information content (AvgIpc) is 2.39. The third-order valence-electron chi connectivity index (χ3n) is 3.50. The minimum Gasteiger partial charge on any atom is -0.326 e. The number of hydrogen-bond acceptors (Lipinski definition) is 2. The Kier molecular flexibility index (Phi) is 6.30. The number of nitrogens with two attached hydrogens (primary N) is 1. The highest BCUT2D eigenvalue weighted by Crippen LogP contribution is 2.15. The Morgan fingerprint density at radius 2 is 2.00 bits per heavy atom. The van der Waals surface area contributed by atoms with Crippen LogP contribution in [0.15, 0.2) is 18.2 Å². The molecule has 0 amide bonds. The van der Waals surface area contributed by atoms with Crippen LogP contribution in [0.4, 0.5) is 4.39 Å². The highest BCUT2D eigenvalue weighted by molar-refractivity contribution is 5.27. The van der Waals surface area contributed by atoms with Gasteiger partial charge in [-0.1, -0.05) is 33.3 Å². The van der Waals surface area contributed by atoms with Crippen LogP contribution in [-0.2, 0) is 13.1 Å². The normalized spacial score (nSPS) is 13.0. The van der Waals surface area contributed by atoms with E-state index in [1.165, 1.54) is 12.5 Å². The first-order valence-corrected chi connectivity index (χ1v) is 6.80. The molecule has 0 saturated carbocycles. The summed E-state index contributed by atoms with van der Waals surface area (Å²) in [4.78, 5) is 2.39. The summed E-state index contributed by atoms with van der Waals surface area (Å²) in [5.41, 5.74) is 7.74. The summed E-state index contributed by atoms with van der Waals surface area (Å²) in [6, 6.07) is 4.93. The van der Waals surface area contributed by atoms with Gasteiger partial charge in [-0.15, -0.1) is 0 Å². The summed E-state index contributed by atoms with van der Waals surface area (Å²) >= 11 is 0. The first-order chi connectivity index (χ1) is 8.60. The van der Waals surface area contributed by atoms with E-state index in [2.05, 4.69) is 25.7 Å². The molecule has 18 heavy (non-hydrogen) atoms. The predicted molar refractivity (Wildman–Crippen MR) is 74.7 cm³/mol. The molecular formula is C15H25FN2. The third kappa shape index (κ3) is 4.39. The molecule has 0 aliphatic rings. The molecule has 0 aliphatic heterocycles. The second kappa shape index (κ2) is 7.49. The van der Waals surface area contributed by atoms with Crippen molar-refractivity contribution in [1.29, 1.82) is 0 Å². The van der Waals surface area contributed by atoms with Gasteiger partial charge >= 0.3 is 0 Å². The molecule has 3 heteroatoms. The lowest BCUT2D eigenvalue weighted by Crippen LogP contribution is -2.28. The average molecular weight is 252 g/mol. The van der Waals surface area contributed by atoms with Gasteiger partial charge in [-0.3, -0.25) is 4.90 Å². The van der Waals surface area contributed by atoms with Crippen molar-refractivity contribution in [2.75, 3.05) is 13.1 Å². The first kappa shape index (κ1) is 15.1. The van der Waals surface area contributed by atoms with E-state index in [0.717, 1.165) is 30.8 Å². The van der Waals surface area contributed by atoms with E-state index in [1.54, 1.807) is 6.07 Å². The molecule has 0 heterocycles. The summed E-state index contributed by atoms with van der Waals surface area (Å²) in [6.07, 6.45) is 1.18.